The second-order valence-electron chi connectivity index (χ2n) is 6.32. The van der Waals surface area contributed by atoms with E-state index in [1.54, 1.807) is 0 Å². The lowest BCUT2D eigenvalue weighted by Crippen LogP contribution is -2.34. The van der Waals surface area contributed by atoms with Crippen molar-refractivity contribution in [3.8, 4) is 5.75 Å². The van der Waals surface area contributed by atoms with Gasteiger partial charge in [0.1, 0.15) is 12.4 Å². The summed E-state index contributed by atoms with van der Waals surface area (Å²) in [5.74, 6) is -0.0700. The molecule has 0 unspecified atom stereocenters. The molecule has 0 aliphatic rings. The Kier molecular flexibility index (Phi) is 10.3. The van der Waals surface area contributed by atoms with Crippen LogP contribution >= 0.6 is 12.2 Å². The van der Waals surface area contributed by atoms with Crippen LogP contribution in [0, 0.1) is 0 Å². The van der Waals surface area contributed by atoms with Crippen molar-refractivity contribution in [1.29, 1.82) is 0 Å². The van der Waals surface area contributed by atoms with Gasteiger partial charge < -0.3 is 24.8 Å². The quantitative estimate of drug-likeness (QED) is 0.322. The molecule has 0 saturated heterocycles. The molecule has 1 amide bonds. The molecule has 0 atom stereocenters. The maximum absolute atomic E-state index is 11.9. The molecular formula is C22H26N2O5S. The number of carbonyl (C=O) groups is 2. The van der Waals surface area contributed by atoms with Gasteiger partial charge >= 0.3 is 5.97 Å². The molecule has 8 heteroatoms. The zero-order valence-electron chi connectivity index (χ0n) is 16.9. The number of hydrogen-bond donors (Lipinski definition) is 2. The number of benzene rings is 2. The van der Waals surface area contributed by atoms with E-state index in [0.717, 1.165) is 17.9 Å². The van der Waals surface area contributed by atoms with E-state index < -0.39 is 5.97 Å². The Balaban J connectivity index is 1.66. The summed E-state index contributed by atoms with van der Waals surface area (Å²) in [4.78, 5) is 23.3. The first-order valence-electron chi connectivity index (χ1n) is 9.59. The number of anilines is 1. The van der Waals surface area contributed by atoms with E-state index in [0.29, 0.717) is 13.2 Å². The van der Waals surface area contributed by atoms with Crippen molar-refractivity contribution in [3.63, 3.8) is 0 Å². The molecule has 0 aliphatic carbocycles. The number of carbonyl (C=O) groups excluding carboxylic acids is 2. The van der Waals surface area contributed by atoms with Gasteiger partial charge in [-0.25, -0.2) is 0 Å². The summed E-state index contributed by atoms with van der Waals surface area (Å²) in [5.41, 5.74) is 1.94. The zero-order chi connectivity index (χ0) is 21.6. The first-order chi connectivity index (χ1) is 14.6. The number of esters is 1. The van der Waals surface area contributed by atoms with Gasteiger partial charge in [-0.2, -0.15) is 0 Å². The highest BCUT2D eigenvalue weighted by Crippen LogP contribution is 2.16. The number of hydrogen-bond acceptors (Lipinski definition) is 6. The Morgan fingerprint density at radius 1 is 0.933 bits per heavy atom. The lowest BCUT2D eigenvalue weighted by atomic mass is 10.2. The average molecular weight is 431 g/mol. The summed E-state index contributed by atoms with van der Waals surface area (Å²) in [7, 11) is 1.52. The van der Waals surface area contributed by atoms with Crippen LogP contribution < -0.4 is 15.4 Å². The Hall–Kier alpha value is -2.97. The van der Waals surface area contributed by atoms with Crippen molar-refractivity contribution in [1.82, 2.24) is 5.32 Å². The molecular weight excluding hydrogens is 404 g/mol. The molecule has 0 spiro atoms. The van der Waals surface area contributed by atoms with E-state index in [4.69, 9.17) is 26.4 Å². The van der Waals surface area contributed by atoms with Crippen molar-refractivity contribution < 1.29 is 23.8 Å². The minimum Gasteiger partial charge on any atom is -0.493 e. The van der Waals surface area contributed by atoms with Gasteiger partial charge in [-0.3, -0.25) is 9.59 Å². The highest BCUT2D eigenvalue weighted by Gasteiger charge is 2.09. The van der Waals surface area contributed by atoms with Gasteiger partial charge in [0.15, 0.2) is 5.11 Å². The van der Waals surface area contributed by atoms with Crippen molar-refractivity contribution in [3.05, 3.63) is 60.2 Å². The van der Waals surface area contributed by atoms with Gasteiger partial charge in [0, 0.05) is 25.6 Å². The van der Waals surface area contributed by atoms with Gasteiger partial charge in [-0.15, -0.1) is 0 Å². The lowest BCUT2D eigenvalue weighted by molar-refractivity contribution is -0.146. The summed E-state index contributed by atoms with van der Waals surface area (Å²) in [6, 6.07) is 17.4. The summed E-state index contributed by atoms with van der Waals surface area (Å²) in [6.07, 6.45) is 0.798. The highest BCUT2D eigenvalue weighted by atomic mass is 32.1. The molecule has 2 N–H and O–H groups in total. The second-order valence-corrected chi connectivity index (χ2v) is 6.73. The molecule has 0 heterocycles. The molecule has 30 heavy (non-hydrogen) atoms. The van der Waals surface area contributed by atoms with Gasteiger partial charge in [-0.05, 0) is 42.0 Å². The number of thiocarbonyl (C=S) groups is 1. The third-order valence-electron chi connectivity index (χ3n) is 3.97. The molecule has 0 saturated carbocycles. The molecule has 2 rings (SSSR count). The summed E-state index contributed by atoms with van der Waals surface area (Å²) in [5, 5.41) is 5.62. The Morgan fingerprint density at radius 3 is 2.37 bits per heavy atom. The van der Waals surface area contributed by atoms with Gasteiger partial charge in [-0.1, -0.05) is 30.3 Å². The van der Waals surface area contributed by atoms with E-state index in [9.17, 15) is 9.59 Å². The number of ether oxygens (including phenoxy) is 3. The van der Waals surface area contributed by atoms with Crippen LogP contribution in [0.4, 0.5) is 5.69 Å². The summed E-state index contributed by atoms with van der Waals surface area (Å²) < 4.78 is 15.4. The van der Waals surface area contributed by atoms with Crippen LogP contribution in [0.15, 0.2) is 54.6 Å². The van der Waals surface area contributed by atoms with Gasteiger partial charge in [0.05, 0.1) is 19.6 Å². The minimum atomic E-state index is -0.455. The molecule has 0 bridgehead atoms. The Morgan fingerprint density at radius 2 is 1.67 bits per heavy atom. The van der Waals surface area contributed by atoms with Crippen LogP contribution in [0.2, 0.25) is 0 Å². The Bertz CT molecular complexity index is 812. The first-order valence-corrected chi connectivity index (χ1v) is 10.00. The fourth-order valence-corrected chi connectivity index (χ4v) is 2.68. The fraction of sp³-hybridized carbons (Fsp3) is 0.318. The molecule has 7 nitrogen and oxygen atoms in total. The minimum absolute atomic E-state index is 0.0121. The van der Waals surface area contributed by atoms with Crippen molar-refractivity contribution in [2.75, 3.05) is 32.2 Å². The standard InChI is InChI=1S/C22H26N2O5S/c1-27-15-16-29-21(26)12-11-20(25)24-22(30)23-18-7-9-19(10-8-18)28-14-13-17-5-3-2-4-6-17/h2-10H,11-16H2,1H3,(H2,23,24,25,30). The maximum Gasteiger partial charge on any atom is 0.306 e. The number of methoxy groups -OCH3 is 1. The molecule has 160 valence electrons. The number of amides is 1. The average Bonchev–Trinajstić information content (AvgIpc) is 2.74. The zero-order valence-corrected chi connectivity index (χ0v) is 17.7. The van der Waals surface area contributed by atoms with Gasteiger partial charge in [0.25, 0.3) is 0 Å². The van der Waals surface area contributed by atoms with Crippen molar-refractivity contribution >= 4 is 34.9 Å². The van der Waals surface area contributed by atoms with Crippen LogP contribution in [-0.4, -0.2) is 43.9 Å². The second kappa shape index (κ2) is 13.3. The monoisotopic (exact) mass is 430 g/mol. The van der Waals surface area contributed by atoms with Crippen LogP contribution in [0.1, 0.15) is 18.4 Å². The predicted molar refractivity (Wildman–Crippen MR) is 119 cm³/mol. The lowest BCUT2D eigenvalue weighted by Gasteiger charge is -2.11. The SMILES string of the molecule is COCCOC(=O)CCC(=O)NC(=S)Nc1ccc(OCCc2ccccc2)cc1. The Labute approximate surface area is 181 Å². The fourth-order valence-electron chi connectivity index (χ4n) is 2.44. The van der Waals surface area contributed by atoms with Crippen molar-refractivity contribution in [2.45, 2.75) is 19.3 Å². The third-order valence-corrected chi connectivity index (χ3v) is 4.18. The van der Waals surface area contributed by atoms with E-state index in [2.05, 4.69) is 22.8 Å². The smallest absolute Gasteiger partial charge is 0.306 e. The van der Waals surface area contributed by atoms with Crippen LogP contribution in [0.3, 0.4) is 0 Å². The topological polar surface area (TPSA) is 85.9 Å². The molecule has 0 aliphatic heterocycles. The van der Waals surface area contributed by atoms with Crippen LogP contribution in [0.5, 0.6) is 5.75 Å². The largest absolute Gasteiger partial charge is 0.493 e. The van der Waals surface area contributed by atoms with E-state index >= 15 is 0 Å². The summed E-state index contributed by atoms with van der Waals surface area (Å²) >= 11 is 5.13. The van der Waals surface area contributed by atoms with Gasteiger partial charge in [0.2, 0.25) is 5.91 Å². The number of nitrogens with one attached hydrogen (secondary N) is 2. The molecule has 0 radical (unpaired) electrons. The molecule has 2 aromatic carbocycles. The third kappa shape index (κ3) is 9.49. The van der Waals surface area contributed by atoms with E-state index in [1.165, 1.54) is 12.7 Å². The van der Waals surface area contributed by atoms with Crippen molar-refractivity contribution in [2.24, 2.45) is 0 Å². The highest BCUT2D eigenvalue weighted by molar-refractivity contribution is 7.80. The maximum atomic E-state index is 11.9. The first kappa shape index (κ1) is 23.3. The van der Waals surface area contributed by atoms with E-state index in [1.807, 2.05) is 42.5 Å². The van der Waals surface area contributed by atoms with Crippen LogP contribution in [-0.2, 0) is 25.5 Å². The normalized spacial score (nSPS) is 10.2. The predicted octanol–water partition coefficient (Wildman–Crippen LogP) is 3.09. The molecule has 0 aromatic heterocycles. The number of rotatable bonds is 11. The van der Waals surface area contributed by atoms with Crippen LogP contribution in [0.25, 0.3) is 0 Å². The summed E-state index contributed by atoms with van der Waals surface area (Å²) in [6.45, 7) is 1.07. The molecule has 0 fully saturated rings. The van der Waals surface area contributed by atoms with E-state index in [-0.39, 0.29) is 30.5 Å². The molecule has 2 aromatic rings.